The van der Waals surface area contributed by atoms with E-state index in [9.17, 15) is 5.11 Å². The van der Waals surface area contributed by atoms with Gasteiger partial charge in [-0.3, -0.25) is 9.97 Å². The minimum atomic E-state index is -0.371. The maximum Gasteiger partial charge on any atom is 1.00 e. The molecule has 3 aromatic rings. The molecule has 0 aromatic carbocycles. The fourth-order valence-corrected chi connectivity index (χ4v) is 3.35. The van der Waals surface area contributed by atoms with Crippen molar-refractivity contribution in [1.29, 1.82) is 0 Å². The Morgan fingerprint density at radius 1 is 0.906 bits per heavy atom. The summed E-state index contributed by atoms with van der Waals surface area (Å²) in [6.07, 6.45) is 10.1. The Hall–Kier alpha value is -1.75. The summed E-state index contributed by atoms with van der Waals surface area (Å²) in [4.78, 5) is 12.4. The number of nitrogen functional groups attached to an aromatic ring is 2. The maximum atomic E-state index is 11.4. The Balaban J connectivity index is 0.000000388. The van der Waals surface area contributed by atoms with E-state index in [0.717, 1.165) is 49.3 Å². The van der Waals surface area contributed by atoms with E-state index in [1.807, 2.05) is 30.5 Å². The minimum Gasteiger partial charge on any atom is -0.852 e. The SMILES string of the molecule is Nc1ccc(NCc2cccnc2)nc1NCC1CCC([O-])CC1.Nc1ccncc1.[K+]. The van der Waals surface area contributed by atoms with Gasteiger partial charge in [0, 0.05) is 43.6 Å². The number of anilines is 4. The van der Waals surface area contributed by atoms with Gasteiger partial charge >= 0.3 is 51.4 Å². The van der Waals surface area contributed by atoms with Gasteiger partial charge in [-0.15, -0.1) is 6.10 Å². The minimum absolute atomic E-state index is 0. The molecule has 1 aliphatic rings. The quantitative estimate of drug-likeness (QED) is 0.368. The van der Waals surface area contributed by atoms with Crippen LogP contribution in [-0.4, -0.2) is 27.6 Å². The van der Waals surface area contributed by atoms with Crippen molar-refractivity contribution in [3.05, 3.63) is 66.7 Å². The first kappa shape index (κ1) is 26.5. The van der Waals surface area contributed by atoms with E-state index in [1.54, 1.807) is 30.7 Å². The second-order valence-corrected chi connectivity index (χ2v) is 7.65. The van der Waals surface area contributed by atoms with Crippen LogP contribution in [0, 0.1) is 5.92 Å². The molecule has 0 radical (unpaired) electrons. The summed E-state index contributed by atoms with van der Waals surface area (Å²) < 4.78 is 0. The number of aromatic nitrogens is 3. The second-order valence-electron chi connectivity index (χ2n) is 7.65. The number of hydrogen-bond acceptors (Lipinski definition) is 8. The van der Waals surface area contributed by atoms with Crippen LogP contribution in [0.3, 0.4) is 0 Å². The van der Waals surface area contributed by atoms with Crippen LogP contribution in [0.2, 0.25) is 0 Å². The van der Waals surface area contributed by atoms with Crippen LogP contribution >= 0.6 is 0 Å². The van der Waals surface area contributed by atoms with Crippen LogP contribution in [0.15, 0.2) is 61.2 Å². The van der Waals surface area contributed by atoms with Crippen molar-refractivity contribution in [2.45, 2.75) is 38.3 Å². The van der Waals surface area contributed by atoms with Gasteiger partial charge in [0.05, 0.1) is 5.69 Å². The first-order chi connectivity index (χ1) is 15.1. The summed E-state index contributed by atoms with van der Waals surface area (Å²) in [6.45, 7) is 1.48. The Kier molecular flexibility index (Phi) is 11.9. The molecule has 0 aliphatic heterocycles. The van der Waals surface area contributed by atoms with Gasteiger partial charge in [0.25, 0.3) is 0 Å². The summed E-state index contributed by atoms with van der Waals surface area (Å²) in [6, 6.07) is 11.2. The molecule has 8 nitrogen and oxygen atoms in total. The van der Waals surface area contributed by atoms with Gasteiger partial charge in [0.1, 0.15) is 5.82 Å². The van der Waals surface area contributed by atoms with Crippen molar-refractivity contribution in [2.75, 3.05) is 28.6 Å². The fourth-order valence-electron chi connectivity index (χ4n) is 3.35. The number of rotatable bonds is 6. The van der Waals surface area contributed by atoms with E-state index in [1.165, 1.54) is 0 Å². The number of nitrogens with one attached hydrogen (secondary N) is 2. The largest absolute Gasteiger partial charge is 1.00 e. The number of hydrogen-bond donors (Lipinski definition) is 4. The molecule has 0 saturated heterocycles. The van der Waals surface area contributed by atoms with Crippen molar-refractivity contribution in [1.82, 2.24) is 15.0 Å². The molecule has 0 atom stereocenters. The molecule has 6 N–H and O–H groups in total. The normalized spacial score (nSPS) is 17.3. The first-order valence-electron chi connectivity index (χ1n) is 10.5. The van der Waals surface area contributed by atoms with Gasteiger partial charge < -0.3 is 27.2 Å². The molecule has 0 bridgehead atoms. The number of nitrogens with two attached hydrogens (primary N) is 2. The smallest absolute Gasteiger partial charge is 0.852 e. The zero-order valence-corrected chi connectivity index (χ0v) is 21.7. The average Bonchev–Trinajstić information content (AvgIpc) is 2.80. The van der Waals surface area contributed by atoms with E-state index in [4.69, 9.17) is 11.5 Å². The molecule has 9 heteroatoms. The van der Waals surface area contributed by atoms with E-state index in [-0.39, 0.29) is 57.5 Å². The summed E-state index contributed by atoms with van der Waals surface area (Å²) in [7, 11) is 0. The van der Waals surface area contributed by atoms with Crippen LogP contribution in [-0.2, 0) is 6.54 Å². The van der Waals surface area contributed by atoms with Crippen LogP contribution in [0.4, 0.5) is 23.0 Å². The fraction of sp³-hybridized carbons (Fsp3) is 0.348. The van der Waals surface area contributed by atoms with E-state index in [0.29, 0.717) is 24.0 Å². The van der Waals surface area contributed by atoms with Gasteiger partial charge in [-0.05, 0) is 54.7 Å². The molecular formula is C23H30KN7O. The molecule has 0 amide bonds. The Bertz CT molecular complexity index is 907. The van der Waals surface area contributed by atoms with E-state index < -0.39 is 0 Å². The maximum absolute atomic E-state index is 11.4. The van der Waals surface area contributed by atoms with Crippen molar-refractivity contribution in [2.24, 2.45) is 5.92 Å². The molecule has 164 valence electrons. The second kappa shape index (κ2) is 14.4. The predicted molar refractivity (Wildman–Crippen MR) is 123 cm³/mol. The summed E-state index contributed by atoms with van der Waals surface area (Å²) in [5, 5.41) is 18.0. The predicted octanol–water partition coefficient (Wildman–Crippen LogP) is -0.330. The van der Waals surface area contributed by atoms with Gasteiger partial charge in [-0.25, -0.2) is 4.98 Å². The molecule has 1 fully saturated rings. The third-order valence-electron chi connectivity index (χ3n) is 5.18. The molecule has 3 aromatic heterocycles. The molecule has 4 rings (SSSR count). The van der Waals surface area contributed by atoms with E-state index in [2.05, 4.69) is 25.6 Å². The van der Waals surface area contributed by atoms with Crippen molar-refractivity contribution in [3.63, 3.8) is 0 Å². The Morgan fingerprint density at radius 2 is 1.66 bits per heavy atom. The van der Waals surface area contributed by atoms with Crippen LogP contribution < -0.4 is 78.6 Å². The zero-order valence-electron chi connectivity index (χ0n) is 18.6. The summed E-state index contributed by atoms with van der Waals surface area (Å²) >= 11 is 0. The molecule has 0 spiro atoms. The van der Waals surface area contributed by atoms with E-state index >= 15 is 0 Å². The van der Waals surface area contributed by atoms with Gasteiger partial charge in [0.15, 0.2) is 5.82 Å². The van der Waals surface area contributed by atoms with Crippen LogP contribution in [0.5, 0.6) is 0 Å². The first-order valence-corrected chi connectivity index (χ1v) is 10.5. The van der Waals surface area contributed by atoms with Gasteiger partial charge in [0.2, 0.25) is 0 Å². The summed E-state index contributed by atoms with van der Waals surface area (Å²) in [5.41, 5.74) is 13.8. The molecule has 32 heavy (non-hydrogen) atoms. The summed E-state index contributed by atoms with van der Waals surface area (Å²) in [5.74, 6) is 2.01. The topological polar surface area (TPSA) is 138 Å². The van der Waals surface area contributed by atoms with Crippen LogP contribution in [0.25, 0.3) is 0 Å². The molecule has 0 unspecified atom stereocenters. The number of pyridine rings is 3. The monoisotopic (exact) mass is 459 g/mol. The van der Waals surface area contributed by atoms with Crippen molar-refractivity contribution in [3.8, 4) is 0 Å². The molecular weight excluding hydrogens is 429 g/mol. The Morgan fingerprint density at radius 3 is 2.28 bits per heavy atom. The third kappa shape index (κ3) is 9.39. The molecule has 3 heterocycles. The van der Waals surface area contributed by atoms with Gasteiger partial charge in [-0.1, -0.05) is 18.9 Å². The average molecular weight is 460 g/mol. The van der Waals surface area contributed by atoms with Crippen molar-refractivity contribution >= 4 is 23.0 Å². The Labute approximate surface area is 232 Å². The van der Waals surface area contributed by atoms with Crippen LogP contribution in [0.1, 0.15) is 31.2 Å². The molecule has 1 aliphatic carbocycles. The number of nitrogens with zero attached hydrogens (tertiary/aromatic N) is 3. The third-order valence-corrected chi connectivity index (χ3v) is 5.18. The van der Waals surface area contributed by atoms with Crippen molar-refractivity contribution < 1.29 is 56.5 Å². The standard InChI is InChI=1S/C18H24N5O.C5H6N2.K/c19-16-7-8-17(21-12-14-2-1-9-20-10-14)23-18(16)22-11-13-3-5-15(24)6-4-13;6-5-1-3-7-4-2-5;/h1-2,7-10,13,15H,3-6,11-12,19H2,(H2,21,22,23);1-4H,(H2,6,7);/q-1;;+1. The zero-order chi connectivity index (χ0) is 21.9. The molecule has 1 saturated carbocycles. The van der Waals surface area contributed by atoms with Gasteiger partial charge in [-0.2, -0.15) is 0 Å².